The van der Waals surface area contributed by atoms with Crippen LogP contribution in [0.15, 0.2) is 0 Å². The molecule has 0 saturated carbocycles. The molecule has 0 N–H and O–H groups in total. The minimum Gasteiger partial charge on any atom is -0.570 e. The number of nitrogens with zero attached hydrogens (tertiary/aromatic N) is 1. The molecule has 0 aliphatic heterocycles. The van der Waals surface area contributed by atoms with Crippen LogP contribution in [0.2, 0.25) is 0 Å². The Morgan fingerprint density at radius 2 is 1.86 bits per heavy atom. The summed E-state index contributed by atoms with van der Waals surface area (Å²) < 4.78 is 32.7. The van der Waals surface area contributed by atoms with E-state index in [-0.39, 0.29) is 6.54 Å². The van der Waals surface area contributed by atoms with Gasteiger partial charge in [0.05, 0.1) is 0 Å². The van der Waals surface area contributed by atoms with E-state index in [0.29, 0.717) is 0 Å². The Balaban J connectivity index is 3.15. The molecule has 7 heavy (non-hydrogen) atoms. The van der Waals surface area contributed by atoms with Gasteiger partial charge in [-0.25, -0.2) is 0 Å². The van der Waals surface area contributed by atoms with E-state index in [1.807, 2.05) is 0 Å². The molecule has 0 heterocycles. The molecule has 0 fully saturated rings. The largest absolute Gasteiger partial charge is 0.570 e. The van der Waals surface area contributed by atoms with Gasteiger partial charge in [0.15, 0.2) is 0 Å². The maximum atomic E-state index is 10.9. The Morgan fingerprint density at radius 1 is 1.43 bits per heavy atom. The molecule has 0 aliphatic rings. The average molecular weight is 112 g/mol. The SMILES string of the molecule is CC[N-]C(F)(F)F. The van der Waals surface area contributed by atoms with Crippen molar-refractivity contribution in [3.63, 3.8) is 0 Å². The molecular weight excluding hydrogens is 107 g/mol. The minimum absolute atomic E-state index is 0.191. The van der Waals surface area contributed by atoms with Gasteiger partial charge in [0.2, 0.25) is 0 Å². The molecule has 0 saturated heterocycles. The first-order valence-electron chi connectivity index (χ1n) is 1.81. The lowest BCUT2D eigenvalue weighted by atomic mass is 10.8. The molecule has 0 rings (SSSR count). The predicted octanol–water partition coefficient (Wildman–Crippen LogP) is 1.90. The van der Waals surface area contributed by atoms with Crippen LogP contribution >= 0.6 is 0 Å². The number of hydrogen-bond acceptors (Lipinski definition) is 0. The van der Waals surface area contributed by atoms with E-state index < -0.39 is 6.30 Å². The van der Waals surface area contributed by atoms with Gasteiger partial charge in [-0.3, -0.25) is 0 Å². The quantitative estimate of drug-likeness (QED) is 0.460. The zero-order valence-corrected chi connectivity index (χ0v) is 3.79. The van der Waals surface area contributed by atoms with Crippen LogP contribution in [0.1, 0.15) is 6.92 Å². The second-order valence-electron chi connectivity index (χ2n) is 0.942. The lowest BCUT2D eigenvalue weighted by molar-refractivity contribution is -0.0920. The van der Waals surface area contributed by atoms with Crippen LogP contribution in [0, 0.1) is 0 Å². The van der Waals surface area contributed by atoms with E-state index in [2.05, 4.69) is 5.32 Å². The van der Waals surface area contributed by atoms with E-state index >= 15 is 0 Å². The van der Waals surface area contributed by atoms with Crippen LogP contribution in [0.3, 0.4) is 0 Å². The molecule has 0 unspecified atom stereocenters. The van der Waals surface area contributed by atoms with Crippen molar-refractivity contribution in [2.24, 2.45) is 0 Å². The fourth-order valence-electron chi connectivity index (χ4n) is 0.179. The summed E-state index contributed by atoms with van der Waals surface area (Å²) in [5, 5.41) is 2.26. The van der Waals surface area contributed by atoms with Crippen LogP contribution in [0.5, 0.6) is 0 Å². The fourth-order valence-corrected chi connectivity index (χ4v) is 0.179. The van der Waals surface area contributed by atoms with Gasteiger partial charge in [-0.1, -0.05) is 6.92 Å². The predicted molar refractivity (Wildman–Crippen MR) is 20.0 cm³/mol. The maximum Gasteiger partial charge on any atom is 0.312 e. The van der Waals surface area contributed by atoms with Gasteiger partial charge in [-0.2, -0.15) is 13.2 Å². The molecule has 0 amide bonds. The van der Waals surface area contributed by atoms with E-state index in [0.717, 1.165) is 0 Å². The van der Waals surface area contributed by atoms with Crippen molar-refractivity contribution >= 4 is 0 Å². The van der Waals surface area contributed by atoms with E-state index in [1.54, 1.807) is 0 Å². The van der Waals surface area contributed by atoms with Crippen LogP contribution in [-0.4, -0.2) is 12.8 Å². The van der Waals surface area contributed by atoms with Gasteiger partial charge in [0.25, 0.3) is 0 Å². The molecular formula is C3H5F3N-. The first-order valence-corrected chi connectivity index (χ1v) is 1.81. The summed E-state index contributed by atoms with van der Waals surface area (Å²) in [5.41, 5.74) is 0. The number of hydrogen-bond donors (Lipinski definition) is 0. The summed E-state index contributed by atoms with van der Waals surface area (Å²) in [6, 6.07) is 0. The molecule has 0 aliphatic carbocycles. The Hall–Kier alpha value is -0.250. The van der Waals surface area contributed by atoms with E-state index in [9.17, 15) is 13.2 Å². The molecule has 0 radical (unpaired) electrons. The van der Waals surface area contributed by atoms with Crippen molar-refractivity contribution < 1.29 is 13.2 Å². The molecule has 0 aromatic heterocycles. The molecule has 0 aromatic carbocycles. The lowest BCUT2D eigenvalue weighted by Crippen LogP contribution is -2.04. The van der Waals surface area contributed by atoms with Gasteiger partial charge >= 0.3 is 6.30 Å². The Morgan fingerprint density at radius 3 is 1.86 bits per heavy atom. The molecule has 44 valence electrons. The Bertz CT molecular complexity index is 48.6. The number of halogens is 3. The zero-order chi connectivity index (χ0) is 5.91. The zero-order valence-electron chi connectivity index (χ0n) is 3.79. The van der Waals surface area contributed by atoms with E-state index in [4.69, 9.17) is 0 Å². The standard InChI is InChI=1S/C3H5F3N/c1-2-7-3(4,5)6/h2H2,1H3/q-1. The molecule has 0 spiro atoms. The van der Waals surface area contributed by atoms with Crippen molar-refractivity contribution in [1.29, 1.82) is 0 Å². The second-order valence-corrected chi connectivity index (χ2v) is 0.942. The second kappa shape index (κ2) is 2.16. The van der Waals surface area contributed by atoms with Gasteiger partial charge in [-0.15, -0.1) is 6.54 Å². The summed E-state index contributed by atoms with van der Waals surface area (Å²) in [7, 11) is 0. The highest BCUT2D eigenvalue weighted by atomic mass is 19.4. The first kappa shape index (κ1) is 6.75. The van der Waals surface area contributed by atoms with Crippen LogP contribution in [0.25, 0.3) is 5.32 Å². The van der Waals surface area contributed by atoms with E-state index in [1.165, 1.54) is 6.92 Å². The smallest absolute Gasteiger partial charge is 0.312 e. The van der Waals surface area contributed by atoms with Crippen LogP contribution in [-0.2, 0) is 0 Å². The summed E-state index contributed by atoms with van der Waals surface area (Å²) in [4.78, 5) is 0. The Labute approximate surface area is 39.5 Å². The third kappa shape index (κ3) is 5.75. The van der Waals surface area contributed by atoms with Crippen molar-refractivity contribution in [1.82, 2.24) is 0 Å². The van der Waals surface area contributed by atoms with Crippen LogP contribution in [0.4, 0.5) is 13.2 Å². The van der Waals surface area contributed by atoms with Crippen LogP contribution < -0.4 is 0 Å². The summed E-state index contributed by atoms with van der Waals surface area (Å²) in [6.07, 6.45) is -4.32. The monoisotopic (exact) mass is 112 g/mol. The topological polar surface area (TPSA) is 14.1 Å². The average Bonchev–Trinajstić information content (AvgIpc) is 1.30. The molecule has 0 atom stereocenters. The third-order valence-electron chi connectivity index (χ3n) is 0.337. The minimum atomic E-state index is -4.32. The van der Waals surface area contributed by atoms with Crippen molar-refractivity contribution in [3.8, 4) is 0 Å². The normalized spacial score (nSPS) is 12.0. The van der Waals surface area contributed by atoms with Gasteiger partial charge < -0.3 is 5.32 Å². The highest BCUT2D eigenvalue weighted by Gasteiger charge is 2.10. The molecule has 0 bridgehead atoms. The van der Waals surface area contributed by atoms with Gasteiger partial charge in [-0.05, 0) is 0 Å². The Kier molecular flexibility index (Phi) is 2.08. The highest BCUT2D eigenvalue weighted by Crippen LogP contribution is 2.20. The summed E-state index contributed by atoms with van der Waals surface area (Å²) >= 11 is 0. The highest BCUT2D eigenvalue weighted by molar-refractivity contribution is 4.79. The summed E-state index contributed by atoms with van der Waals surface area (Å²) in [6.45, 7) is 1.15. The third-order valence-corrected chi connectivity index (χ3v) is 0.337. The fraction of sp³-hybridized carbons (Fsp3) is 1.00. The van der Waals surface area contributed by atoms with Gasteiger partial charge in [0, 0.05) is 0 Å². The van der Waals surface area contributed by atoms with Crippen molar-refractivity contribution in [2.75, 3.05) is 6.54 Å². The molecule has 1 nitrogen and oxygen atoms in total. The molecule has 0 aromatic rings. The summed E-state index contributed by atoms with van der Waals surface area (Å²) in [5.74, 6) is 0. The van der Waals surface area contributed by atoms with Crippen molar-refractivity contribution in [2.45, 2.75) is 13.2 Å². The van der Waals surface area contributed by atoms with Gasteiger partial charge in [0.1, 0.15) is 0 Å². The lowest BCUT2D eigenvalue weighted by Gasteiger charge is -2.19. The maximum absolute atomic E-state index is 10.9. The number of rotatable bonds is 1. The molecule has 4 heteroatoms. The van der Waals surface area contributed by atoms with Crippen molar-refractivity contribution in [3.05, 3.63) is 5.32 Å². The first-order chi connectivity index (χ1) is 3.06. The number of alkyl halides is 3.